The molecule has 0 aromatic carbocycles. The summed E-state index contributed by atoms with van der Waals surface area (Å²) < 4.78 is 0. The quantitative estimate of drug-likeness (QED) is 0.907. The van der Waals surface area contributed by atoms with Crippen LogP contribution in [0.3, 0.4) is 0 Å². The molecule has 2 aliphatic heterocycles. The van der Waals surface area contributed by atoms with E-state index in [9.17, 15) is 0 Å². The van der Waals surface area contributed by atoms with Gasteiger partial charge in [-0.15, -0.1) is 0 Å². The predicted molar refractivity (Wildman–Crippen MR) is 85.5 cm³/mol. The lowest BCUT2D eigenvalue weighted by molar-refractivity contribution is 0.210. The number of rotatable bonds is 4. The molecule has 21 heavy (non-hydrogen) atoms. The predicted octanol–water partition coefficient (Wildman–Crippen LogP) is 1.38. The smallest absolute Gasteiger partial charge is 0.225 e. The monoisotopic (exact) mass is 289 g/mol. The van der Waals surface area contributed by atoms with E-state index >= 15 is 0 Å². The van der Waals surface area contributed by atoms with Gasteiger partial charge in [0, 0.05) is 31.5 Å². The van der Waals surface area contributed by atoms with Crippen molar-refractivity contribution in [3.8, 4) is 0 Å². The molecule has 2 fully saturated rings. The van der Waals surface area contributed by atoms with Gasteiger partial charge in [0.15, 0.2) is 0 Å². The fourth-order valence-electron chi connectivity index (χ4n) is 3.34. The summed E-state index contributed by atoms with van der Waals surface area (Å²) in [7, 11) is 2.23. The van der Waals surface area contributed by atoms with E-state index in [1.165, 1.54) is 45.3 Å². The lowest BCUT2D eigenvalue weighted by Gasteiger charge is -2.34. The van der Waals surface area contributed by atoms with Crippen LogP contribution >= 0.6 is 0 Å². The number of aromatic nitrogens is 2. The summed E-state index contributed by atoms with van der Waals surface area (Å²) in [6.07, 6.45) is 8.75. The van der Waals surface area contributed by atoms with Gasteiger partial charge in [-0.1, -0.05) is 0 Å². The fourth-order valence-corrected chi connectivity index (χ4v) is 3.34. The minimum Gasteiger partial charge on any atom is -0.341 e. The van der Waals surface area contributed by atoms with Gasteiger partial charge in [-0.05, 0) is 64.3 Å². The topological polar surface area (TPSA) is 44.3 Å². The molecule has 3 heterocycles. The van der Waals surface area contributed by atoms with E-state index in [4.69, 9.17) is 0 Å². The Hall–Kier alpha value is -1.20. The number of hydrogen-bond acceptors (Lipinski definition) is 5. The summed E-state index contributed by atoms with van der Waals surface area (Å²) >= 11 is 0. The van der Waals surface area contributed by atoms with Crippen LogP contribution in [0.25, 0.3) is 0 Å². The summed E-state index contributed by atoms with van der Waals surface area (Å²) in [5.74, 6) is 1.75. The highest BCUT2D eigenvalue weighted by atomic mass is 15.3. The van der Waals surface area contributed by atoms with Gasteiger partial charge in [-0.25, -0.2) is 9.97 Å². The molecule has 2 aliphatic rings. The maximum atomic E-state index is 4.34. The zero-order valence-electron chi connectivity index (χ0n) is 13.0. The standard InChI is InChI=1S/C16H27N5/c1-20-9-3-14(4-10-20)13-19-15-5-11-21(12-6-15)16-17-7-2-8-18-16/h2,7-8,14-15,19H,3-6,9-13H2,1H3. The maximum Gasteiger partial charge on any atom is 0.225 e. The van der Waals surface area contributed by atoms with E-state index in [0.29, 0.717) is 6.04 Å². The lowest BCUT2D eigenvalue weighted by atomic mass is 9.96. The molecule has 0 aliphatic carbocycles. The summed E-state index contributed by atoms with van der Waals surface area (Å²) in [5.41, 5.74) is 0. The highest BCUT2D eigenvalue weighted by Crippen LogP contribution is 2.18. The molecule has 1 aromatic rings. The van der Waals surface area contributed by atoms with E-state index in [-0.39, 0.29) is 0 Å². The molecule has 0 radical (unpaired) electrons. The summed E-state index contributed by atoms with van der Waals surface area (Å²) in [4.78, 5) is 13.4. The molecule has 3 rings (SSSR count). The van der Waals surface area contributed by atoms with Gasteiger partial charge >= 0.3 is 0 Å². The highest BCUT2D eigenvalue weighted by molar-refractivity contribution is 5.29. The first-order chi connectivity index (χ1) is 10.3. The minimum absolute atomic E-state index is 0.671. The van der Waals surface area contributed by atoms with Crippen LogP contribution in [0.4, 0.5) is 5.95 Å². The third kappa shape index (κ3) is 4.14. The molecule has 2 saturated heterocycles. The molecule has 0 unspecified atom stereocenters. The molecule has 1 N–H and O–H groups in total. The first kappa shape index (κ1) is 14.7. The van der Waals surface area contributed by atoms with Crippen molar-refractivity contribution in [2.75, 3.05) is 44.7 Å². The van der Waals surface area contributed by atoms with E-state index in [1.807, 2.05) is 18.5 Å². The number of anilines is 1. The van der Waals surface area contributed by atoms with E-state index in [2.05, 4.69) is 32.1 Å². The molecular formula is C16H27N5. The van der Waals surface area contributed by atoms with Crippen LogP contribution in [0.5, 0.6) is 0 Å². The lowest BCUT2D eigenvalue weighted by Crippen LogP contribution is -2.45. The average Bonchev–Trinajstić information content (AvgIpc) is 2.56. The van der Waals surface area contributed by atoms with Gasteiger partial charge < -0.3 is 15.1 Å². The van der Waals surface area contributed by atoms with Crippen LogP contribution in [0, 0.1) is 5.92 Å². The normalized spacial score (nSPS) is 22.6. The molecule has 0 atom stereocenters. The van der Waals surface area contributed by atoms with Crippen molar-refractivity contribution in [1.82, 2.24) is 20.2 Å². The maximum absolute atomic E-state index is 4.34. The Kier molecular flexibility index (Phi) is 5.04. The van der Waals surface area contributed by atoms with Crippen LogP contribution in [0.2, 0.25) is 0 Å². The van der Waals surface area contributed by atoms with E-state index < -0.39 is 0 Å². The molecule has 5 nitrogen and oxygen atoms in total. The van der Waals surface area contributed by atoms with Crippen LogP contribution in [-0.4, -0.2) is 60.7 Å². The first-order valence-electron chi connectivity index (χ1n) is 8.25. The molecule has 1 aromatic heterocycles. The molecule has 5 heteroatoms. The van der Waals surface area contributed by atoms with Crippen LogP contribution in [0.15, 0.2) is 18.5 Å². The summed E-state index contributed by atoms with van der Waals surface area (Å²) in [5, 5.41) is 3.79. The van der Waals surface area contributed by atoms with Crippen molar-refractivity contribution >= 4 is 5.95 Å². The number of piperidine rings is 2. The minimum atomic E-state index is 0.671. The Balaban J connectivity index is 1.38. The van der Waals surface area contributed by atoms with Crippen molar-refractivity contribution in [3.05, 3.63) is 18.5 Å². The molecule has 0 spiro atoms. The Labute approximate surface area is 127 Å². The van der Waals surface area contributed by atoms with Crippen molar-refractivity contribution in [2.45, 2.75) is 31.7 Å². The van der Waals surface area contributed by atoms with E-state index in [1.54, 1.807) is 0 Å². The summed E-state index contributed by atoms with van der Waals surface area (Å²) in [6, 6.07) is 2.55. The van der Waals surface area contributed by atoms with Crippen LogP contribution in [-0.2, 0) is 0 Å². The molecule has 0 saturated carbocycles. The third-order valence-electron chi connectivity index (χ3n) is 4.86. The number of hydrogen-bond donors (Lipinski definition) is 1. The second-order valence-electron chi connectivity index (χ2n) is 6.47. The van der Waals surface area contributed by atoms with Gasteiger partial charge in [-0.2, -0.15) is 0 Å². The van der Waals surface area contributed by atoms with Crippen molar-refractivity contribution in [2.24, 2.45) is 5.92 Å². The second kappa shape index (κ2) is 7.18. The first-order valence-corrected chi connectivity index (χ1v) is 8.25. The van der Waals surface area contributed by atoms with E-state index in [0.717, 1.165) is 25.0 Å². The van der Waals surface area contributed by atoms with Crippen LogP contribution < -0.4 is 10.2 Å². The van der Waals surface area contributed by atoms with Gasteiger partial charge in [0.1, 0.15) is 0 Å². The second-order valence-corrected chi connectivity index (χ2v) is 6.47. The SMILES string of the molecule is CN1CCC(CNC2CCN(c3ncccn3)CC2)CC1. The fraction of sp³-hybridized carbons (Fsp3) is 0.750. The molecule has 116 valence electrons. The van der Waals surface area contributed by atoms with Gasteiger partial charge in [-0.3, -0.25) is 0 Å². The van der Waals surface area contributed by atoms with Crippen molar-refractivity contribution < 1.29 is 0 Å². The van der Waals surface area contributed by atoms with Crippen molar-refractivity contribution in [1.29, 1.82) is 0 Å². The highest BCUT2D eigenvalue weighted by Gasteiger charge is 2.22. The molecular weight excluding hydrogens is 262 g/mol. The molecule has 0 amide bonds. The zero-order valence-corrected chi connectivity index (χ0v) is 13.0. The van der Waals surface area contributed by atoms with Crippen molar-refractivity contribution in [3.63, 3.8) is 0 Å². The summed E-state index contributed by atoms with van der Waals surface area (Å²) in [6.45, 7) is 5.84. The van der Waals surface area contributed by atoms with Gasteiger partial charge in [0.05, 0.1) is 0 Å². The average molecular weight is 289 g/mol. The Morgan fingerprint density at radius 3 is 2.38 bits per heavy atom. The Bertz CT molecular complexity index is 408. The number of likely N-dealkylation sites (tertiary alicyclic amines) is 1. The Morgan fingerprint density at radius 1 is 1.05 bits per heavy atom. The largest absolute Gasteiger partial charge is 0.341 e. The number of nitrogens with one attached hydrogen (secondary N) is 1. The zero-order chi connectivity index (χ0) is 14.5. The van der Waals surface area contributed by atoms with Gasteiger partial charge in [0.2, 0.25) is 5.95 Å². The third-order valence-corrected chi connectivity index (χ3v) is 4.86. The molecule has 0 bridgehead atoms. The number of nitrogens with zero attached hydrogens (tertiary/aromatic N) is 4. The van der Waals surface area contributed by atoms with Gasteiger partial charge in [0.25, 0.3) is 0 Å². The van der Waals surface area contributed by atoms with Crippen LogP contribution in [0.1, 0.15) is 25.7 Å². The Morgan fingerprint density at radius 2 is 1.71 bits per heavy atom.